The number of carbonyl (C=O) groups is 2. The maximum absolute atomic E-state index is 12.0. The van der Waals surface area contributed by atoms with Crippen molar-refractivity contribution in [3.05, 3.63) is 24.0 Å². The summed E-state index contributed by atoms with van der Waals surface area (Å²) in [6, 6.07) is 2.87. The quantitative estimate of drug-likeness (QED) is 0.679. The predicted molar refractivity (Wildman–Crippen MR) is 83.2 cm³/mol. The van der Waals surface area contributed by atoms with Crippen LogP contribution < -0.4 is 16.0 Å². The second-order valence-electron chi connectivity index (χ2n) is 4.85. The van der Waals surface area contributed by atoms with Crippen LogP contribution in [-0.2, 0) is 4.79 Å². The van der Waals surface area contributed by atoms with Crippen molar-refractivity contribution in [2.45, 2.75) is 39.7 Å². The van der Waals surface area contributed by atoms with Crippen LogP contribution in [0.3, 0.4) is 0 Å². The molecular formula is C15H24N4O2. The lowest BCUT2D eigenvalue weighted by molar-refractivity contribution is -0.122. The molecule has 6 nitrogen and oxygen atoms in total. The highest BCUT2D eigenvalue weighted by molar-refractivity contribution is 5.96. The van der Waals surface area contributed by atoms with Gasteiger partial charge in [0, 0.05) is 13.1 Å². The van der Waals surface area contributed by atoms with Gasteiger partial charge in [0.05, 0.1) is 11.9 Å². The Morgan fingerprint density at radius 1 is 1.19 bits per heavy atom. The molecule has 1 atom stereocenters. The Bertz CT molecular complexity index is 459. The van der Waals surface area contributed by atoms with Gasteiger partial charge in [0.25, 0.3) is 5.91 Å². The molecular weight excluding hydrogens is 268 g/mol. The van der Waals surface area contributed by atoms with E-state index in [0.717, 1.165) is 25.1 Å². The van der Waals surface area contributed by atoms with E-state index in [4.69, 9.17) is 0 Å². The molecule has 1 heterocycles. The van der Waals surface area contributed by atoms with Crippen molar-refractivity contribution in [1.29, 1.82) is 0 Å². The molecule has 2 amide bonds. The number of hydrogen-bond donors (Lipinski definition) is 3. The van der Waals surface area contributed by atoms with Gasteiger partial charge in [-0.05, 0) is 31.9 Å². The third kappa shape index (κ3) is 5.81. The van der Waals surface area contributed by atoms with Crippen LogP contribution in [0.1, 0.15) is 44.1 Å². The molecule has 116 valence electrons. The Morgan fingerprint density at radius 3 is 2.48 bits per heavy atom. The molecule has 1 unspecified atom stereocenters. The molecule has 0 spiro atoms. The first-order valence-electron chi connectivity index (χ1n) is 7.37. The summed E-state index contributed by atoms with van der Waals surface area (Å²) in [5, 5.41) is 8.56. The van der Waals surface area contributed by atoms with Gasteiger partial charge in [-0.25, -0.2) is 4.98 Å². The van der Waals surface area contributed by atoms with Gasteiger partial charge in [-0.1, -0.05) is 13.8 Å². The number of hydrogen-bond acceptors (Lipinski definition) is 4. The molecule has 0 saturated heterocycles. The third-order valence-corrected chi connectivity index (χ3v) is 2.87. The zero-order valence-electron chi connectivity index (χ0n) is 12.9. The van der Waals surface area contributed by atoms with E-state index in [9.17, 15) is 9.59 Å². The average Bonchev–Trinajstić information content (AvgIpc) is 2.50. The Morgan fingerprint density at radius 2 is 1.90 bits per heavy atom. The van der Waals surface area contributed by atoms with Gasteiger partial charge >= 0.3 is 0 Å². The van der Waals surface area contributed by atoms with E-state index in [0.29, 0.717) is 12.2 Å². The van der Waals surface area contributed by atoms with Crippen molar-refractivity contribution < 1.29 is 9.59 Å². The molecule has 0 aliphatic rings. The van der Waals surface area contributed by atoms with Crippen LogP contribution >= 0.6 is 0 Å². The fourth-order valence-electron chi connectivity index (χ4n) is 1.64. The number of pyridine rings is 1. The first-order valence-corrected chi connectivity index (χ1v) is 7.37. The Labute approximate surface area is 125 Å². The average molecular weight is 292 g/mol. The zero-order valence-corrected chi connectivity index (χ0v) is 12.9. The van der Waals surface area contributed by atoms with Crippen LogP contribution in [0, 0.1) is 0 Å². The fourth-order valence-corrected chi connectivity index (χ4v) is 1.64. The second kappa shape index (κ2) is 8.94. The summed E-state index contributed by atoms with van der Waals surface area (Å²) < 4.78 is 0. The summed E-state index contributed by atoms with van der Waals surface area (Å²) in [6.07, 6.45) is 3.50. The van der Waals surface area contributed by atoms with Gasteiger partial charge in [-0.3, -0.25) is 9.59 Å². The van der Waals surface area contributed by atoms with Crippen LogP contribution in [0.2, 0.25) is 0 Å². The highest BCUT2D eigenvalue weighted by Crippen LogP contribution is 2.06. The Kier molecular flexibility index (Phi) is 7.21. The van der Waals surface area contributed by atoms with Crippen molar-refractivity contribution in [2.75, 3.05) is 18.4 Å². The van der Waals surface area contributed by atoms with Crippen LogP contribution in [0.15, 0.2) is 18.3 Å². The molecule has 3 N–H and O–H groups in total. The Balaban J connectivity index is 2.53. The minimum absolute atomic E-state index is 0.188. The van der Waals surface area contributed by atoms with E-state index in [1.165, 1.54) is 0 Å². The first kappa shape index (κ1) is 16.9. The van der Waals surface area contributed by atoms with Gasteiger partial charge in [0.1, 0.15) is 11.7 Å². The van der Waals surface area contributed by atoms with E-state index < -0.39 is 6.04 Å². The maximum atomic E-state index is 12.0. The van der Waals surface area contributed by atoms with Crippen LogP contribution in [0.4, 0.5) is 5.69 Å². The second-order valence-corrected chi connectivity index (χ2v) is 4.85. The minimum atomic E-state index is -0.580. The van der Waals surface area contributed by atoms with E-state index in [-0.39, 0.29) is 11.8 Å². The molecule has 6 heteroatoms. The molecule has 0 saturated carbocycles. The zero-order chi connectivity index (χ0) is 15.7. The fraction of sp³-hybridized carbons (Fsp3) is 0.533. The van der Waals surface area contributed by atoms with Gasteiger partial charge in [-0.15, -0.1) is 0 Å². The lowest BCUT2D eigenvalue weighted by Crippen LogP contribution is -2.45. The molecule has 0 aliphatic carbocycles. The number of anilines is 1. The van der Waals surface area contributed by atoms with Gasteiger partial charge in [-0.2, -0.15) is 0 Å². The largest absolute Gasteiger partial charge is 0.384 e. The predicted octanol–water partition coefficient (Wildman–Crippen LogP) is 1.55. The molecule has 0 aliphatic heterocycles. The van der Waals surface area contributed by atoms with E-state index in [1.54, 1.807) is 25.3 Å². The van der Waals surface area contributed by atoms with E-state index in [1.807, 2.05) is 6.92 Å². The van der Waals surface area contributed by atoms with Gasteiger partial charge in [0.2, 0.25) is 5.91 Å². The van der Waals surface area contributed by atoms with Crippen molar-refractivity contribution >= 4 is 17.5 Å². The normalized spacial score (nSPS) is 11.6. The molecule has 0 bridgehead atoms. The summed E-state index contributed by atoms with van der Waals surface area (Å²) in [6.45, 7) is 7.17. The van der Waals surface area contributed by atoms with Crippen molar-refractivity contribution in [2.24, 2.45) is 0 Å². The Hall–Kier alpha value is -2.11. The standard InChI is InChI=1S/C15H24N4O2/c1-4-8-16-12-6-7-13(18-10-12)15(21)19-11(3)14(20)17-9-5-2/h6-7,10-11,16H,4-5,8-9H2,1-3H3,(H,17,20)(H,19,21). The van der Waals surface area contributed by atoms with E-state index >= 15 is 0 Å². The number of rotatable bonds is 8. The van der Waals surface area contributed by atoms with Crippen molar-refractivity contribution in [1.82, 2.24) is 15.6 Å². The summed E-state index contributed by atoms with van der Waals surface area (Å²) in [5.41, 5.74) is 1.18. The minimum Gasteiger partial charge on any atom is -0.384 e. The summed E-state index contributed by atoms with van der Waals surface area (Å²) in [5.74, 6) is -0.539. The lowest BCUT2D eigenvalue weighted by Gasteiger charge is -2.13. The molecule has 1 aromatic rings. The maximum Gasteiger partial charge on any atom is 0.270 e. The summed E-state index contributed by atoms with van der Waals surface area (Å²) in [7, 11) is 0. The lowest BCUT2D eigenvalue weighted by atomic mass is 10.2. The highest BCUT2D eigenvalue weighted by Gasteiger charge is 2.16. The number of nitrogens with zero attached hydrogens (tertiary/aromatic N) is 1. The van der Waals surface area contributed by atoms with Crippen LogP contribution in [0.25, 0.3) is 0 Å². The van der Waals surface area contributed by atoms with Crippen LogP contribution in [0.5, 0.6) is 0 Å². The van der Waals surface area contributed by atoms with Crippen molar-refractivity contribution in [3.8, 4) is 0 Å². The van der Waals surface area contributed by atoms with Gasteiger partial charge in [0.15, 0.2) is 0 Å². The molecule has 1 aromatic heterocycles. The highest BCUT2D eigenvalue weighted by atomic mass is 16.2. The summed E-state index contributed by atoms with van der Waals surface area (Å²) in [4.78, 5) is 27.8. The van der Waals surface area contributed by atoms with Crippen molar-refractivity contribution in [3.63, 3.8) is 0 Å². The smallest absolute Gasteiger partial charge is 0.270 e. The first-order chi connectivity index (χ1) is 10.1. The summed E-state index contributed by atoms with van der Waals surface area (Å²) >= 11 is 0. The number of aromatic nitrogens is 1. The topological polar surface area (TPSA) is 83.1 Å². The molecule has 21 heavy (non-hydrogen) atoms. The molecule has 1 rings (SSSR count). The monoisotopic (exact) mass is 292 g/mol. The van der Waals surface area contributed by atoms with Crippen LogP contribution in [-0.4, -0.2) is 35.9 Å². The number of carbonyl (C=O) groups excluding carboxylic acids is 2. The number of amides is 2. The SMILES string of the molecule is CCCNC(=O)C(C)NC(=O)c1ccc(NCCC)cn1. The molecule has 0 aromatic carbocycles. The van der Waals surface area contributed by atoms with Gasteiger partial charge < -0.3 is 16.0 Å². The molecule has 0 fully saturated rings. The van der Waals surface area contributed by atoms with E-state index in [2.05, 4.69) is 27.9 Å². The number of nitrogens with one attached hydrogen (secondary N) is 3. The molecule has 0 radical (unpaired) electrons. The third-order valence-electron chi connectivity index (χ3n) is 2.87.